The largest absolute Gasteiger partial charge is 0.352 e. The number of benzene rings is 1. The van der Waals surface area contributed by atoms with Crippen molar-refractivity contribution in [2.24, 2.45) is 5.41 Å². The number of rotatable bonds is 5. The van der Waals surface area contributed by atoms with E-state index >= 15 is 0 Å². The average Bonchev–Trinajstić information content (AvgIpc) is 2.30. The summed E-state index contributed by atoms with van der Waals surface area (Å²) in [4.78, 5) is 12.0. The Bertz CT molecular complexity index is 430. The van der Waals surface area contributed by atoms with Crippen LogP contribution in [0.4, 0.5) is 0 Å². The van der Waals surface area contributed by atoms with Crippen LogP contribution in [-0.2, 0) is 0 Å². The van der Waals surface area contributed by atoms with Gasteiger partial charge in [-0.05, 0) is 42.5 Å². The van der Waals surface area contributed by atoms with Gasteiger partial charge in [-0.2, -0.15) is 0 Å². The van der Waals surface area contributed by atoms with Crippen molar-refractivity contribution < 1.29 is 4.79 Å². The summed E-state index contributed by atoms with van der Waals surface area (Å²) < 4.78 is 0. The van der Waals surface area contributed by atoms with Crippen LogP contribution in [0.3, 0.4) is 0 Å². The maximum absolute atomic E-state index is 12.0. The third kappa shape index (κ3) is 4.51. The Balaban J connectivity index is 2.63. The van der Waals surface area contributed by atoms with Crippen molar-refractivity contribution in [1.29, 1.82) is 0 Å². The van der Waals surface area contributed by atoms with E-state index in [4.69, 9.17) is 23.2 Å². The number of halogens is 2. The number of nitrogens with one attached hydrogen (secondary N) is 1. The zero-order valence-electron chi connectivity index (χ0n) is 11.0. The summed E-state index contributed by atoms with van der Waals surface area (Å²) in [7, 11) is 0. The van der Waals surface area contributed by atoms with Crippen LogP contribution >= 0.6 is 23.2 Å². The first-order valence-electron chi connectivity index (χ1n) is 5.96. The van der Waals surface area contributed by atoms with E-state index in [2.05, 4.69) is 19.2 Å². The molecule has 0 aliphatic carbocycles. The van der Waals surface area contributed by atoms with Gasteiger partial charge in [-0.1, -0.05) is 25.4 Å². The number of carbonyl (C=O) groups excluding carboxylic acids is 1. The smallest absolute Gasteiger partial charge is 0.251 e. The number of amides is 1. The fourth-order valence-electron chi connectivity index (χ4n) is 1.55. The SMILES string of the molecule is Cc1cc(C(=O)NCC(C)(C)CCCl)ccc1Cl. The van der Waals surface area contributed by atoms with Crippen molar-refractivity contribution in [3.63, 3.8) is 0 Å². The minimum Gasteiger partial charge on any atom is -0.352 e. The standard InChI is InChI=1S/C14H19Cl2NO/c1-10-8-11(4-5-12(10)16)13(18)17-9-14(2,3)6-7-15/h4-5,8H,6-7,9H2,1-3H3,(H,17,18). The number of aryl methyl sites for hydroxylation is 1. The summed E-state index contributed by atoms with van der Waals surface area (Å²) in [5.74, 6) is 0.528. The highest BCUT2D eigenvalue weighted by atomic mass is 35.5. The lowest BCUT2D eigenvalue weighted by Crippen LogP contribution is -2.34. The van der Waals surface area contributed by atoms with Crippen LogP contribution in [0.15, 0.2) is 18.2 Å². The molecular weight excluding hydrogens is 269 g/mol. The summed E-state index contributed by atoms with van der Waals surface area (Å²) in [6.07, 6.45) is 0.870. The van der Waals surface area contributed by atoms with Gasteiger partial charge in [0.1, 0.15) is 0 Å². The number of carbonyl (C=O) groups is 1. The van der Waals surface area contributed by atoms with Gasteiger partial charge in [-0.15, -0.1) is 11.6 Å². The monoisotopic (exact) mass is 287 g/mol. The molecule has 0 bridgehead atoms. The molecule has 0 spiro atoms. The number of hydrogen-bond donors (Lipinski definition) is 1. The molecule has 4 heteroatoms. The van der Waals surface area contributed by atoms with Gasteiger partial charge in [0.05, 0.1) is 0 Å². The molecule has 0 fully saturated rings. The fraction of sp³-hybridized carbons (Fsp3) is 0.500. The van der Waals surface area contributed by atoms with E-state index in [1.54, 1.807) is 18.2 Å². The van der Waals surface area contributed by atoms with Crippen molar-refractivity contribution in [2.75, 3.05) is 12.4 Å². The van der Waals surface area contributed by atoms with Crippen LogP contribution < -0.4 is 5.32 Å². The Morgan fingerprint density at radius 1 is 1.39 bits per heavy atom. The normalized spacial score (nSPS) is 11.4. The van der Waals surface area contributed by atoms with Crippen LogP contribution in [-0.4, -0.2) is 18.3 Å². The molecule has 1 amide bonds. The first kappa shape index (κ1) is 15.3. The minimum atomic E-state index is -0.0718. The lowest BCUT2D eigenvalue weighted by molar-refractivity contribution is 0.0936. The average molecular weight is 288 g/mol. The molecule has 0 saturated carbocycles. The summed E-state index contributed by atoms with van der Waals surface area (Å²) in [6.45, 7) is 6.67. The van der Waals surface area contributed by atoms with E-state index in [1.807, 2.05) is 6.92 Å². The molecule has 0 aliphatic heterocycles. The summed E-state index contributed by atoms with van der Waals surface area (Å²) >= 11 is 11.7. The molecule has 0 saturated heterocycles. The van der Waals surface area contributed by atoms with Gasteiger partial charge in [0, 0.05) is 23.0 Å². The number of hydrogen-bond acceptors (Lipinski definition) is 1. The molecule has 1 aromatic carbocycles. The van der Waals surface area contributed by atoms with Gasteiger partial charge in [-0.25, -0.2) is 0 Å². The van der Waals surface area contributed by atoms with E-state index in [1.165, 1.54) is 0 Å². The lowest BCUT2D eigenvalue weighted by Gasteiger charge is -2.23. The van der Waals surface area contributed by atoms with Gasteiger partial charge in [0.15, 0.2) is 0 Å². The van der Waals surface area contributed by atoms with Crippen LogP contribution in [0.25, 0.3) is 0 Å². The fourth-order valence-corrected chi connectivity index (χ4v) is 2.18. The van der Waals surface area contributed by atoms with Gasteiger partial charge in [0.25, 0.3) is 5.91 Å². The maximum Gasteiger partial charge on any atom is 0.251 e. The van der Waals surface area contributed by atoms with E-state index in [0.717, 1.165) is 12.0 Å². The van der Waals surface area contributed by atoms with Crippen molar-refractivity contribution in [1.82, 2.24) is 5.32 Å². The molecule has 0 heterocycles. The Morgan fingerprint density at radius 3 is 2.61 bits per heavy atom. The second-order valence-corrected chi connectivity index (χ2v) is 6.04. The Morgan fingerprint density at radius 2 is 2.06 bits per heavy atom. The predicted octanol–water partition coefficient (Wildman–Crippen LogP) is 4.03. The van der Waals surface area contributed by atoms with Crippen molar-refractivity contribution in [3.05, 3.63) is 34.3 Å². The number of alkyl halides is 1. The minimum absolute atomic E-state index is 0.0128. The zero-order chi connectivity index (χ0) is 13.8. The summed E-state index contributed by atoms with van der Waals surface area (Å²) in [6, 6.07) is 5.28. The zero-order valence-corrected chi connectivity index (χ0v) is 12.5. The molecule has 18 heavy (non-hydrogen) atoms. The summed E-state index contributed by atoms with van der Waals surface area (Å²) in [5, 5.41) is 3.61. The van der Waals surface area contributed by atoms with E-state index < -0.39 is 0 Å². The highest BCUT2D eigenvalue weighted by molar-refractivity contribution is 6.31. The first-order chi connectivity index (χ1) is 8.35. The van der Waals surface area contributed by atoms with Crippen molar-refractivity contribution in [2.45, 2.75) is 27.2 Å². The third-order valence-electron chi connectivity index (χ3n) is 2.92. The Hall–Kier alpha value is -0.730. The second-order valence-electron chi connectivity index (χ2n) is 5.25. The topological polar surface area (TPSA) is 29.1 Å². The molecule has 0 aliphatic rings. The van der Waals surface area contributed by atoms with Crippen LogP contribution in [0.5, 0.6) is 0 Å². The molecule has 0 radical (unpaired) electrons. The van der Waals surface area contributed by atoms with Crippen LogP contribution in [0.2, 0.25) is 5.02 Å². The predicted molar refractivity (Wildman–Crippen MR) is 77.6 cm³/mol. The summed E-state index contributed by atoms with van der Waals surface area (Å²) in [5.41, 5.74) is 1.56. The Labute approximate surface area is 119 Å². The molecule has 0 aromatic heterocycles. The quantitative estimate of drug-likeness (QED) is 0.814. The van der Waals surface area contributed by atoms with Gasteiger partial charge >= 0.3 is 0 Å². The Kier molecular flexibility index (Phi) is 5.48. The van der Waals surface area contributed by atoms with Crippen LogP contribution in [0, 0.1) is 12.3 Å². The van der Waals surface area contributed by atoms with Gasteiger partial charge in [0.2, 0.25) is 0 Å². The maximum atomic E-state index is 12.0. The van der Waals surface area contributed by atoms with E-state index in [-0.39, 0.29) is 11.3 Å². The van der Waals surface area contributed by atoms with E-state index in [9.17, 15) is 4.79 Å². The molecule has 0 unspecified atom stereocenters. The van der Waals surface area contributed by atoms with Crippen molar-refractivity contribution >= 4 is 29.1 Å². The van der Waals surface area contributed by atoms with Crippen molar-refractivity contribution in [3.8, 4) is 0 Å². The lowest BCUT2D eigenvalue weighted by atomic mass is 9.90. The van der Waals surface area contributed by atoms with E-state index in [0.29, 0.717) is 23.0 Å². The molecule has 0 atom stereocenters. The molecular formula is C14H19Cl2NO. The van der Waals surface area contributed by atoms with Crippen LogP contribution in [0.1, 0.15) is 36.2 Å². The highest BCUT2D eigenvalue weighted by Crippen LogP contribution is 2.20. The molecule has 2 nitrogen and oxygen atoms in total. The second kappa shape index (κ2) is 6.44. The van der Waals surface area contributed by atoms with Gasteiger partial charge in [-0.3, -0.25) is 4.79 Å². The highest BCUT2D eigenvalue weighted by Gasteiger charge is 2.18. The molecule has 1 aromatic rings. The third-order valence-corrected chi connectivity index (χ3v) is 3.53. The van der Waals surface area contributed by atoms with Gasteiger partial charge < -0.3 is 5.32 Å². The first-order valence-corrected chi connectivity index (χ1v) is 6.87. The molecule has 1 rings (SSSR count). The molecule has 100 valence electrons. The molecule has 1 N–H and O–H groups in total.